The topological polar surface area (TPSA) is 25.8 Å². The first-order chi connectivity index (χ1) is 8.18. The molecule has 0 radical (unpaired) electrons. The number of hydrogen-bond donors (Lipinski definition) is 0. The van der Waals surface area contributed by atoms with Crippen LogP contribution in [0.4, 0.5) is 13.2 Å². The molecule has 1 aromatic heterocycles. The van der Waals surface area contributed by atoms with Gasteiger partial charge in [-0.1, -0.05) is 17.8 Å². The van der Waals surface area contributed by atoms with Gasteiger partial charge in [-0.2, -0.15) is 0 Å². The van der Waals surface area contributed by atoms with E-state index in [0.717, 1.165) is 17.8 Å². The predicted octanol–water partition coefficient (Wildman–Crippen LogP) is 3.19. The number of hydrogen-bond acceptors (Lipinski definition) is 3. The molecule has 0 saturated heterocycles. The van der Waals surface area contributed by atoms with E-state index in [1.54, 1.807) is 18.5 Å². The molecule has 0 bridgehead atoms. The number of aromatic nitrogens is 2. The van der Waals surface area contributed by atoms with E-state index in [1.807, 2.05) is 0 Å². The fraction of sp³-hybridized carbons (Fsp3) is 0.0909. The van der Waals surface area contributed by atoms with Gasteiger partial charge in [0, 0.05) is 23.7 Å². The quantitative estimate of drug-likeness (QED) is 0.479. The highest BCUT2D eigenvalue weighted by Gasteiger charge is 2.13. The van der Waals surface area contributed by atoms with Gasteiger partial charge in [0.15, 0.2) is 22.6 Å². The Bertz CT molecular complexity index is 520. The van der Waals surface area contributed by atoms with Crippen LogP contribution >= 0.6 is 11.8 Å². The van der Waals surface area contributed by atoms with E-state index in [-0.39, 0.29) is 11.3 Å². The van der Waals surface area contributed by atoms with Crippen LogP contribution in [0.3, 0.4) is 0 Å². The van der Waals surface area contributed by atoms with Crippen LogP contribution in [0, 0.1) is 17.5 Å². The summed E-state index contributed by atoms with van der Waals surface area (Å²) in [5, 5.41) is 0.455. The van der Waals surface area contributed by atoms with E-state index in [9.17, 15) is 13.2 Å². The van der Waals surface area contributed by atoms with Crippen molar-refractivity contribution in [1.82, 2.24) is 9.97 Å². The second-order valence-corrected chi connectivity index (χ2v) is 4.10. The molecule has 88 valence electrons. The third-order valence-corrected chi connectivity index (χ3v) is 2.94. The van der Waals surface area contributed by atoms with Crippen LogP contribution in [-0.2, 0) is 5.75 Å². The standard InChI is InChI=1S/C11H7F3N2S/c12-8-3-2-7(9(13)10(8)14)6-17-11-15-4-1-5-16-11/h1-5H,6H2. The zero-order valence-electron chi connectivity index (χ0n) is 8.53. The molecule has 0 aliphatic rings. The Kier molecular flexibility index (Phi) is 3.63. The van der Waals surface area contributed by atoms with Crippen molar-refractivity contribution < 1.29 is 13.2 Å². The lowest BCUT2D eigenvalue weighted by molar-refractivity contribution is 0.443. The van der Waals surface area contributed by atoms with Gasteiger partial charge in [0.1, 0.15) is 0 Å². The van der Waals surface area contributed by atoms with E-state index in [4.69, 9.17) is 0 Å². The van der Waals surface area contributed by atoms with Crippen LogP contribution < -0.4 is 0 Å². The fourth-order valence-electron chi connectivity index (χ4n) is 1.18. The van der Waals surface area contributed by atoms with E-state index < -0.39 is 17.5 Å². The van der Waals surface area contributed by atoms with E-state index in [2.05, 4.69) is 9.97 Å². The van der Waals surface area contributed by atoms with Gasteiger partial charge in [0.25, 0.3) is 0 Å². The number of thioether (sulfide) groups is 1. The summed E-state index contributed by atoms with van der Waals surface area (Å²) >= 11 is 1.15. The molecule has 2 nitrogen and oxygen atoms in total. The van der Waals surface area contributed by atoms with E-state index in [0.29, 0.717) is 5.16 Å². The molecule has 6 heteroatoms. The Balaban J connectivity index is 2.13. The molecule has 0 spiro atoms. The molecule has 0 unspecified atom stereocenters. The number of halogens is 3. The zero-order valence-corrected chi connectivity index (χ0v) is 9.35. The van der Waals surface area contributed by atoms with Crippen molar-refractivity contribution in [2.45, 2.75) is 10.9 Å². The average molecular weight is 256 g/mol. The highest BCUT2D eigenvalue weighted by molar-refractivity contribution is 7.98. The lowest BCUT2D eigenvalue weighted by Crippen LogP contribution is -1.96. The van der Waals surface area contributed by atoms with Gasteiger partial charge in [-0.15, -0.1) is 0 Å². The summed E-state index contributed by atoms with van der Waals surface area (Å²) in [6.07, 6.45) is 3.11. The van der Waals surface area contributed by atoms with E-state index in [1.165, 1.54) is 6.07 Å². The van der Waals surface area contributed by atoms with Crippen LogP contribution in [0.15, 0.2) is 35.7 Å². The minimum Gasteiger partial charge on any atom is -0.231 e. The SMILES string of the molecule is Fc1ccc(CSc2ncccn2)c(F)c1F. The second kappa shape index (κ2) is 5.18. The molecule has 1 heterocycles. The first-order valence-electron chi connectivity index (χ1n) is 4.70. The Morgan fingerprint density at radius 1 is 1.00 bits per heavy atom. The van der Waals surface area contributed by atoms with Gasteiger partial charge >= 0.3 is 0 Å². The molecule has 0 aliphatic heterocycles. The summed E-state index contributed by atoms with van der Waals surface area (Å²) < 4.78 is 38.9. The molecule has 1 aromatic carbocycles. The predicted molar refractivity (Wildman–Crippen MR) is 57.9 cm³/mol. The number of nitrogens with zero attached hydrogens (tertiary/aromatic N) is 2. The third kappa shape index (κ3) is 2.76. The van der Waals surface area contributed by atoms with Crippen molar-refractivity contribution in [3.63, 3.8) is 0 Å². The van der Waals surface area contributed by atoms with Crippen LogP contribution in [-0.4, -0.2) is 9.97 Å². The zero-order chi connectivity index (χ0) is 12.3. The summed E-state index contributed by atoms with van der Waals surface area (Å²) in [7, 11) is 0. The monoisotopic (exact) mass is 256 g/mol. The molecule has 0 amide bonds. The Morgan fingerprint density at radius 2 is 1.71 bits per heavy atom. The Labute approximate surface area is 99.9 Å². The molecule has 2 aromatic rings. The summed E-state index contributed by atoms with van der Waals surface area (Å²) in [4.78, 5) is 7.85. The third-order valence-electron chi connectivity index (χ3n) is 2.01. The largest absolute Gasteiger partial charge is 0.231 e. The molecule has 0 atom stereocenters. The van der Waals surface area contributed by atoms with Crippen molar-refractivity contribution in [3.8, 4) is 0 Å². The maximum absolute atomic E-state index is 13.3. The molecule has 17 heavy (non-hydrogen) atoms. The average Bonchev–Trinajstić information content (AvgIpc) is 2.36. The van der Waals surface area contributed by atoms with Crippen molar-refractivity contribution in [3.05, 3.63) is 53.6 Å². The first kappa shape index (κ1) is 11.9. The highest BCUT2D eigenvalue weighted by atomic mass is 32.2. The molecule has 0 N–H and O–H groups in total. The van der Waals surface area contributed by atoms with Crippen molar-refractivity contribution >= 4 is 11.8 Å². The number of rotatable bonds is 3. The van der Waals surface area contributed by atoms with Gasteiger partial charge in [0.2, 0.25) is 0 Å². The lowest BCUT2D eigenvalue weighted by Gasteiger charge is -2.03. The fourth-order valence-corrected chi connectivity index (χ4v) is 1.96. The van der Waals surface area contributed by atoms with Gasteiger partial charge in [0.05, 0.1) is 0 Å². The van der Waals surface area contributed by atoms with Gasteiger partial charge in [-0.05, 0) is 12.1 Å². The van der Waals surface area contributed by atoms with Crippen molar-refractivity contribution in [1.29, 1.82) is 0 Å². The molecule has 0 aliphatic carbocycles. The minimum atomic E-state index is -1.45. The maximum Gasteiger partial charge on any atom is 0.194 e. The first-order valence-corrected chi connectivity index (χ1v) is 5.69. The summed E-state index contributed by atoms with van der Waals surface area (Å²) in [5.74, 6) is -3.65. The van der Waals surface area contributed by atoms with Crippen LogP contribution in [0.25, 0.3) is 0 Å². The molecule has 0 fully saturated rings. The molecule has 2 rings (SSSR count). The molecule has 0 saturated carbocycles. The lowest BCUT2D eigenvalue weighted by atomic mass is 10.2. The maximum atomic E-state index is 13.3. The highest BCUT2D eigenvalue weighted by Crippen LogP contribution is 2.22. The Morgan fingerprint density at radius 3 is 2.41 bits per heavy atom. The van der Waals surface area contributed by atoms with Gasteiger partial charge in [-0.25, -0.2) is 23.1 Å². The van der Waals surface area contributed by atoms with E-state index >= 15 is 0 Å². The van der Waals surface area contributed by atoms with Gasteiger partial charge < -0.3 is 0 Å². The summed E-state index contributed by atoms with van der Waals surface area (Å²) in [6.45, 7) is 0. The number of benzene rings is 1. The van der Waals surface area contributed by atoms with Crippen LogP contribution in [0.1, 0.15) is 5.56 Å². The van der Waals surface area contributed by atoms with Crippen LogP contribution in [0.2, 0.25) is 0 Å². The molecular formula is C11H7F3N2S. The smallest absolute Gasteiger partial charge is 0.194 e. The summed E-state index contributed by atoms with van der Waals surface area (Å²) in [6, 6.07) is 3.77. The van der Waals surface area contributed by atoms with Crippen molar-refractivity contribution in [2.24, 2.45) is 0 Å². The summed E-state index contributed by atoms with van der Waals surface area (Å²) in [5.41, 5.74) is 0.0846. The minimum absolute atomic E-state index is 0.0846. The van der Waals surface area contributed by atoms with Crippen LogP contribution in [0.5, 0.6) is 0 Å². The van der Waals surface area contributed by atoms with Crippen molar-refractivity contribution in [2.75, 3.05) is 0 Å². The molecular weight excluding hydrogens is 249 g/mol. The Hall–Kier alpha value is -1.56. The second-order valence-electron chi connectivity index (χ2n) is 3.15. The van der Waals surface area contributed by atoms with Gasteiger partial charge in [-0.3, -0.25) is 0 Å². The normalized spacial score (nSPS) is 10.5.